The van der Waals surface area contributed by atoms with Crippen LogP contribution in [0.25, 0.3) is 0 Å². The van der Waals surface area contributed by atoms with Crippen LogP contribution in [0.15, 0.2) is 18.2 Å². The molecule has 0 amide bonds. The van der Waals surface area contributed by atoms with Gasteiger partial charge in [-0.2, -0.15) is 0 Å². The van der Waals surface area contributed by atoms with Gasteiger partial charge in [0.1, 0.15) is 11.5 Å². The molecule has 5 heteroatoms. The maximum absolute atomic E-state index is 5.71. The van der Waals surface area contributed by atoms with E-state index in [2.05, 4.69) is 5.43 Å². The Hall–Kier alpha value is -1.30. The molecule has 0 spiro atoms. The summed E-state index contributed by atoms with van der Waals surface area (Å²) in [5.41, 5.74) is 3.93. The lowest BCUT2D eigenvalue weighted by Gasteiger charge is -2.21. The molecule has 1 aromatic rings. The van der Waals surface area contributed by atoms with Crippen molar-refractivity contribution in [2.45, 2.75) is 37.8 Å². The predicted octanol–water partition coefficient (Wildman–Crippen LogP) is 2.17. The number of hydrogen-bond acceptors (Lipinski definition) is 5. The van der Waals surface area contributed by atoms with Gasteiger partial charge in [0.2, 0.25) is 0 Å². The first kappa shape index (κ1) is 15.1. The lowest BCUT2D eigenvalue weighted by molar-refractivity contribution is 0.0995. The Labute approximate surface area is 120 Å². The highest BCUT2D eigenvalue weighted by Crippen LogP contribution is 2.32. The molecule has 0 radical (unpaired) electrons. The van der Waals surface area contributed by atoms with Crippen LogP contribution < -0.4 is 20.7 Å². The van der Waals surface area contributed by atoms with Crippen molar-refractivity contribution < 1.29 is 14.2 Å². The first-order valence-corrected chi connectivity index (χ1v) is 7.08. The van der Waals surface area contributed by atoms with Crippen LogP contribution in [0.5, 0.6) is 11.5 Å². The Kier molecular flexibility index (Phi) is 5.64. The highest BCUT2D eigenvalue weighted by molar-refractivity contribution is 5.42. The SMILES string of the molecule is COc1ccc(C(CCC2CCCO2)NN)c(OC)c1. The Morgan fingerprint density at radius 2 is 2.25 bits per heavy atom. The number of hydrogen-bond donors (Lipinski definition) is 2. The lowest BCUT2D eigenvalue weighted by Crippen LogP contribution is -2.29. The minimum absolute atomic E-state index is 0.0556. The maximum atomic E-state index is 5.71. The molecule has 1 aliphatic heterocycles. The number of benzene rings is 1. The van der Waals surface area contributed by atoms with Gasteiger partial charge in [0, 0.05) is 24.3 Å². The number of methoxy groups -OCH3 is 2. The summed E-state index contributed by atoms with van der Waals surface area (Å²) in [6.07, 6.45) is 4.61. The largest absolute Gasteiger partial charge is 0.497 e. The van der Waals surface area contributed by atoms with Crippen molar-refractivity contribution >= 4 is 0 Å². The van der Waals surface area contributed by atoms with Gasteiger partial charge in [-0.25, -0.2) is 0 Å². The molecule has 3 N–H and O–H groups in total. The van der Waals surface area contributed by atoms with Gasteiger partial charge in [-0.05, 0) is 31.7 Å². The molecule has 5 nitrogen and oxygen atoms in total. The second-order valence-electron chi connectivity index (χ2n) is 5.04. The van der Waals surface area contributed by atoms with Crippen LogP contribution >= 0.6 is 0 Å². The Morgan fingerprint density at radius 1 is 1.40 bits per heavy atom. The van der Waals surface area contributed by atoms with Crippen LogP contribution in [0.3, 0.4) is 0 Å². The summed E-state index contributed by atoms with van der Waals surface area (Å²) in [5.74, 6) is 7.28. The van der Waals surface area contributed by atoms with Crippen molar-refractivity contribution in [2.75, 3.05) is 20.8 Å². The van der Waals surface area contributed by atoms with Crippen LogP contribution in [-0.2, 0) is 4.74 Å². The van der Waals surface area contributed by atoms with E-state index in [1.54, 1.807) is 14.2 Å². The van der Waals surface area contributed by atoms with Gasteiger partial charge in [-0.15, -0.1) is 0 Å². The Bertz CT molecular complexity index is 420. The van der Waals surface area contributed by atoms with Crippen LogP contribution in [-0.4, -0.2) is 26.9 Å². The molecule has 2 unspecified atom stereocenters. The van der Waals surface area contributed by atoms with Gasteiger partial charge in [-0.3, -0.25) is 11.3 Å². The molecule has 1 heterocycles. The summed E-state index contributed by atoms with van der Waals surface area (Å²) >= 11 is 0. The summed E-state index contributed by atoms with van der Waals surface area (Å²) < 4.78 is 16.3. The van der Waals surface area contributed by atoms with E-state index in [4.69, 9.17) is 20.1 Å². The number of rotatable bonds is 7. The summed E-state index contributed by atoms with van der Waals surface area (Å²) in [7, 11) is 3.30. The fraction of sp³-hybridized carbons (Fsp3) is 0.600. The molecule has 0 aliphatic carbocycles. The van der Waals surface area contributed by atoms with Gasteiger partial charge < -0.3 is 14.2 Å². The van der Waals surface area contributed by atoms with Crippen LogP contribution in [0.2, 0.25) is 0 Å². The van der Waals surface area contributed by atoms with Crippen molar-refractivity contribution in [1.82, 2.24) is 5.43 Å². The van der Waals surface area contributed by atoms with Crippen molar-refractivity contribution in [3.63, 3.8) is 0 Å². The van der Waals surface area contributed by atoms with Gasteiger partial charge in [0.25, 0.3) is 0 Å². The predicted molar refractivity (Wildman–Crippen MR) is 77.8 cm³/mol. The fourth-order valence-corrected chi connectivity index (χ4v) is 2.66. The quantitative estimate of drug-likeness (QED) is 0.592. The topological polar surface area (TPSA) is 65.7 Å². The Morgan fingerprint density at radius 3 is 2.85 bits per heavy atom. The molecule has 2 rings (SSSR count). The van der Waals surface area contributed by atoms with Crippen LogP contribution in [0.1, 0.15) is 37.3 Å². The first-order chi connectivity index (χ1) is 9.78. The summed E-state index contributed by atoms with van der Waals surface area (Å²) in [6, 6.07) is 5.86. The molecule has 0 bridgehead atoms. The van der Waals surface area contributed by atoms with E-state index in [1.165, 1.54) is 0 Å². The third kappa shape index (κ3) is 3.62. The molecule has 0 aromatic heterocycles. The fourth-order valence-electron chi connectivity index (χ4n) is 2.66. The number of nitrogens with two attached hydrogens (primary N) is 1. The van der Waals surface area contributed by atoms with Crippen molar-refractivity contribution in [3.05, 3.63) is 23.8 Å². The van der Waals surface area contributed by atoms with Crippen LogP contribution in [0, 0.1) is 0 Å². The zero-order valence-electron chi connectivity index (χ0n) is 12.2. The molecule has 1 aromatic carbocycles. The third-order valence-corrected chi connectivity index (χ3v) is 3.82. The standard InChI is InChI=1S/C15H24N2O3/c1-18-12-5-7-13(15(10-12)19-2)14(17-16)8-6-11-4-3-9-20-11/h5,7,10-11,14,17H,3-4,6,8-9,16H2,1-2H3. The van der Waals surface area contributed by atoms with Crippen molar-refractivity contribution in [1.29, 1.82) is 0 Å². The molecular formula is C15H24N2O3. The van der Waals surface area contributed by atoms with E-state index >= 15 is 0 Å². The minimum Gasteiger partial charge on any atom is -0.497 e. The maximum Gasteiger partial charge on any atom is 0.127 e. The van der Waals surface area contributed by atoms with Crippen molar-refractivity contribution in [3.8, 4) is 11.5 Å². The molecular weight excluding hydrogens is 256 g/mol. The van der Waals surface area contributed by atoms with E-state index < -0.39 is 0 Å². The third-order valence-electron chi connectivity index (χ3n) is 3.82. The van der Waals surface area contributed by atoms with E-state index in [9.17, 15) is 0 Å². The molecule has 1 saturated heterocycles. The second-order valence-corrected chi connectivity index (χ2v) is 5.04. The first-order valence-electron chi connectivity index (χ1n) is 7.08. The highest BCUT2D eigenvalue weighted by Gasteiger charge is 2.20. The molecule has 2 atom stereocenters. The van der Waals surface area contributed by atoms with E-state index in [0.29, 0.717) is 6.10 Å². The number of hydrazine groups is 1. The smallest absolute Gasteiger partial charge is 0.127 e. The highest BCUT2D eigenvalue weighted by atomic mass is 16.5. The molecule has 1 fully saturated rings. The van der Waals surface area contributed by atoms with Crippen molar-refractivity contribution in [2.24, 2.45) is 5.84 Å². The number of nitrogens with one attached hydrogen (secondary N) is 1. The summed E-state index contributed by atoms with van der Waals surface area (Å²) in [6.45, 7) is 0.886. The van der Waals surface area contributed by atoms with E-state index in [0.717, 1.165) is 49.4 Å². The lowest BCUT2D eigenvalue weighted by atomic mass is 9.98. The van der Waals surface area contributed by atoms with E-state index in [1.807, 2.05) is 18.2 Å². The summed E-state index contributed by atoms with van der Waals surface area (Å²) in [4.78, 5) is 0. The van der Waals surface area contributed by atoms with Crippen LogP contribution in [0.4, 0.5) is 0 Å². The van der Waals surface area contributed by atoms with Gasteiger partial charge in [0.15, 0.2) is 0 Å². The molecule has 0 saturated carbocycles. The Balaban J connectivity index is 2.05. The van der Waals surface area contributed by atoms with Gasteiger partial charge >= 0.3 is 0 Å². The monoisotopic (exact) mass is 280 g/mol. The second kappa shape index (κ2) is 7.47. The zero-order chi connectivity index (χ0) is 14.4. The average molecular weight is 280 g/mol. The molecule has 1 aliphatic rings. The normalized spacial score (nSPS) is 19.9. The van der Waals surface area contributed by atoms with E-state index in [-0.39, 0.29) is 6.04 Å². The molecule has 112 valence electrons. The molecule has 20 heavy (non-hydrogen) atoms. The van der Waals surface area contributed by atoms with Gasteiger partial charge in [-0.1, -0.05) is 6.07 Å². The minimum atomic E-state index is 0.0556. The number of ether oxygens (including phenoxy) is 3. The summed E-state index contributed by atoms with van der Waals surface area (Å²) in [5, 5.41) is 0. The zero-order valence-corrected chi connectivity index (χ0v) is 12.2. The average Bonchev–Trinajstić information content (AvgIpc) is 3.01. The van der Waals surface area contributed by atoms with Gasteiger partial charge in [0.05, 0.1) is 20.3 Å².